The van der Waals surface area contributed by atoms with Crippen molar-refractivity contribution >= 4 is 28.2 Å². The van der Waals surface area contributed by atoms with Crippen molar-refractivity contribution in [2.24, 2.45) is 16.6 Å². The summed E-state index contributed by atoms with van der Waals surface area (Å²) in [6.45, 7) is 2.41. The normalized spacial score (nSPS) is 28.8. The van der Waals surface area contributed by atoms with Crippen LogP contribution in [0.25, 0.3) is 10.9 Å². The second kappa shape index (κ2) is 8.67. The van der Waals surface area contributed by atoms with Crippen LogP contribution in [0.5, 0.6) is 11.5 Å². The molecule has 43 heavy (non-hydrogen) atoms. The number of nitrogens with one attached hydrogen (secondary N) is 2. The Morgan fingerprint density at radius 2 is 1.98 bits per heavy atom. The third kappa shape index (κ3) is 3.49. The van der Waals surface area contributed by atoms with Gasteiger partial charge >= 0.3 is 0 Å². The van der Waals surface area contributed by atoms with E-state index < -0.39 is 17.1 Å². The molecule has 2 bridgehead atoms. The Balaban J connectivity index is 1.12. The zero-order valence-electron chi connectivity index (χ0n) is 23.9. The Morgan fingerprint density at radius 1 is 1.14 bits per heavy atom. The fourth-order valence-electron chi connectivity index (χ4n) is 8.69. The van der Waals surface area contributed by atoms with Crippen LogP contribution in [0, 0.1) is 5.92 Å². The number of likely N-dealkylation sites (tertiary alicyclic amines) is 1. The molecule has 3 heterocycles. The lowest BCUT2D eigenvalue weighted by atomic mass is 9.49. The second-order valence-corrected chi connectivity index (χ2v) is 13.3. The summed E-state index contributed by atoms with van der Waals surface area (Å²) in [7, 11) is 0. The van der Waals surface area contributed by atoms with Gasteiger partial charge in [-0.05, 0) is 91.2 Å². The maximum Gasteiger partial charge on any atom is 0.193 e. The average Bonchev–Trinajstić information content (AvgIpc) is 3.64. The number of aliphatic imine (C=N–C) groups is 1. The number of aromatic amines is 1. The molecule has 3 aromatic carbocycles. The van der Waals surface area contributed by atoms with E-state index in [-0.39, 0.29) is 11.8 Å². The van der Waals surface area contributed by atoms with Crippen LogP contribution in [-0.2, 0) is 24.8 Å². The summed E-state index contributed by atoms with van der Waals surface area (Å²) in [6, 6.07) is 17.5. The predicted octanol–water partition coefficient (Wildman–Crippen LogP) is 4.08. The van der Waals surface area contributed by atoms with Crippen LogP contribution < -0.4 is 21.5 Å². The molecule has 9 heteroatoms. The molecule has 4 aromatic rings. The zero-order valence-corrected chi connectivity index (χ0v) is 23.9. The first-order chi connectivity index (χ1) is 20.8. The van der Waals surface area contributed by atoms with E-state index in [1.807, 2.05) is 42.5 Å². The number of anilines is 2. The van der Waals surface area contributed by atoms with E-state index in [0.717, 1.165) is 70.8 Å². The lowest BCUT2D eigenvalue weighted by Gasteiger charge is -2.62. The maximum absolute atomic E-state index is 13.1. The fourth-order valence-corrected chi connectivity index (χ4v) is 8.69. The van der Waals surface area contributed by atoms with Crippen molar-refractivity contribution in [1.29, 1.82) is 0 Å². The highest BCUT2D eigenvalue weighted by Gasteiger charge is 2.72. The molecular weight excluding hydrogens is 540 g/mol. The summed E-state index contributed by atoms with van der Waals surface area (Å²) in [5.41, 5.74) is 18.3. The number of aliphatic hydroxyl groups is 1. The smallest absolute Gasteiger partial charge is 0.193 e. The Bertz CT molecular complexity index is 1830. The third-order valence-electron chi connectivity index (χ3n) is 10.8. The van der Waals surface area contributed by atoms with Gasteiger partial charge in [-0.3, -0.25) is 4.90 Å². The molecule has 0 radical (unpaired) electrons. The molecule has 4 atom stereocenters. The molecule has 2 aliphatic heterocycles. The van der Waals surface area contributed by atoms with Crippen LogP contribution >= 0.6 is 0 Å². The van der Waals surface area contributed by atoms with E-state index >= 15 is 0 Å². The van der Waals surface area contributed by atoms with Gasteiger partial charge in [-0.15, -0.1) is 0 Å². The maximum atomic E-state index is 13.1. The first kappa shape index (κ1) is 25.3. The highest BCUT2D eigenvalue weighted by molar-refractivity contribution is 5.96. The van der Waals surface area contributed by atoms with Crippen LogP contribution in [0.2, 0.25) is 0 Å². The van der Waals surface area contributed by atoms with E-state index in [0.29, 0.717) is 30.4 Å². The van der Waals surface area contributed by atoms with Crippen molar-refractivity contribution in [3.05, 3.63) is 82.5 Å². The molecule has 8 N–H and O–H groups in total. The van der Waals surface area contributed by atoms with Crippen LogP contribution in [-0.4, -0.2) is 50.8 Å². The number of hydrogen-bond acceptors (Lipinski definition) is 6. The number of ether oxygens (including phenoxy) is 1. The summed E-state index contributed by atoms with van der Waals surface area (Å²) >= 11 is 0. The number of guanidine groups is 1. The molecule has 1 saturated carbocycles. The first-order valence-electron chi connectivity index (χ1n) is 15.4. The molecule has 5 aliphatic rings. The molecule has 3 aliphatic carbocycles. The minimum absolute atomic E-state index is 0.00790. The number of H-pyrrole nitrogens is 1. The van der Waals surface area contributed by atoms with Crippen molar-refractivity contribution in [2.75, 3.05) is 24.1 Å². The first-order valence-corrected chi connectivity index (χ1v) is 15.4. The predicted molar refractivity (Wildman–Crippen MR) is 166 cm³/mol. The molecule has 220 valence electrons. The Labute approximate surface area is 249 Å². The van der Waals surface area contributed by atoms with Crippen molar-refractivity contribution in [1.82, 2.24) is 9.88 Å². The van der Waals surface area contributed by atoms with Gasteiger partial charge in [-0.2, -0.15) is 0 Å². The van der Waals surface area contributed by atoms with Gasteiger partial charge in [0.1, 0.15) is 0 Å². The zero-order chi connectivity index (χ0) is 29.1. The van der Waals surface area contributed by atoms with Crippen molar-refractivity contribution in [3.8, 4) is 11.5 Å². The molecule has 1 unspecified atom stereocenters. The van der Waals surface area contributed by atoms with E-state index in [1.54, 1.807) is 6.07 Å². The average molecular weight is 577 g/mol. The highest BCUT2D eigenvalue weighted by Crippen LogP contribution is 2.69. The van der Waals surface area contributed by atoms with E-state index in [1.165, 1.54) is 18.4 Å². The number of benzene rings is 3. The summed E-state index contributed by atoms with van der Waals surface area (Å²) in [6.07, 6.45) is 4.24. The lowest BCUT2D eigenvalue weighted by Crippen LogP contribution is -2.74. The number of phenols is 1. The van der Waals surface area contributed by atoms with Gasteiger partial charge in [0.15, 0.2) is 23.6 Å². The number of rotatable bonds is 5. The summed E-state index contributed by atoms with van der Waals surface area (Å²) < 4.78 is 6.71. The third-order valence-corrected chi connectivity index (χ3v) is 10.8. The van der Waals surface area contributed by atoms with Gasteiger partial charge in [0, 0.05) is 46.8 Å². The summed E-state index contributed by atoms with van der Waals surface area (Å²) in [5, 5.41) is 28.3. The molecule has 0 amide bonds. The molecule has 1 saturated heterocycles. The van der Waals surface area contributed by atoms with Gasteiger partial charge in [0.25, 0.3) is 0 Å². The van der Waals surface area contributed by atoms with Crippen molar-refractivity contribution in [2.45, 2.75) is 61.8 Å². The number of hydrogen-bond donors (Lipinski definition) is 6. The van der Waals surface area contributed by atoms with Gasteiger partial charge < -0.3 is 36.7 Å². The fraction of sp³-hybridized carbons (Fsp3) is 0.382. The van der Waals surface area contributed by atoms with Gasteiger partial charge in [0.05, 0.1) is 23.3 Å². The number of nitrogens with two attached hydrogens (primary N) is 2. The summed E-state index contributed by atoms with van der Waals surface area (Å²) in [4.78, 5) is 10.7. The number of piperidine rings is 1. The van der Waals surface area contributed by atoms with Crippen LogP contribution in [0.1, 0.15) is 53.3 Å². The molecule has 2 fully saturated rings. The molecule has 9 nitrogen and oxygen atoms in total. The number of nitrogens with zero attached hydrogens (tertiary/aromatic N) is 2. The van der Waals surface area contributed by atoms with Gasteiger partial charge in [-0.25, -0.2) is 4.99 Å². The number of fused-ring (bicyclic) bond motifs is 4. The molecular formula is C34H36N6O3. The second-order valence-electron chi connectivity index (χ2n) is 13.3. The van der Waals surface area contributed by atoms with E-state index in [9.17, 15) is 10.2 Å². The molecule has 9 rings (SSSR count). The SMILES string of the molecule is NC(=NCc1ccc(N)cc1)Nc1ccc2[nH]c3c(c2c1)C[C@@]1(O)[C@H]2Cc4ccc(O)c5c4[C@@]1(CCN2CC1CC1)C3O5. The Hall–Kier alpha value is -4.21. The van der Waals surface area contributed by atoms with Crippen molar-refractivity contribution in [3.63, 3.8) is 0 Å². The van der Waals surface area contributed by atoms with Crippen LogP contribution in [0.15, 0.2) is 59.6 Å². The van der Waals surface area contributed by atoms with Gasteiger partial charge in [-0.1, -0.05) is 18.2 Å². The van der Waals surface area contributed by atoms with Crippen molar-refractivity contribution < 1.29 is 14.9 Å². The minimum atomic E-state index is -1.03. The monoisotopic (exact) mass is 576 g/mol. The minimum Gasteiger partial charge on any atom is -0.504 e. The number of phenolic OH excluding ortho intramolecular Hbond substituents is 1. The Morgan fingerprint density at radius 3 is 2.79 bits per heavy atom. The lowest BCUT2D eigenvalue weighted by molar-refractivity contribution is -0.173. The van der Waals surface area contributed by atoms with Gasteiger partial charge in [0.2, 0.25) is 0 Å². The molecule has 1 spiro atoms. The number of aromatic hydroxyl groups is 1. The van der Waals surface area contributed by atoms with E-state index in [2.05, 4.69) is 26.3 Å². The van der Waals surface area contributed by atoms with Crippen LogP contribution in [0.4, 0.5) is 11.4 Å². The topological polar surface area (TPSA) is 145 Å². The Kier molecular flexibility index (Phi) is 5.10. The van der Waals surface area contributed by atoms with Crippen LogP contribution in [0.3, 0.4) is 0 Å². The molecule has 1 aromatic heterocycles. The highest BCUT2D eigenvalue weighted by atomic mass is 16.5. The number of aromatic nitrogens is 1. The summed E-state index contributed by atoms with van der Waals surface area (Å²) in [5.74, 6) is 1.77. The largest absolute Gasteiger partial charge is 0.504 e. The quantitative estimate of drug-likeness (QED) is 0.119. The standard InChI is InChI=1S/C34H36N6O3/c35-21-6-3-18(4-7-21)16-37-32(36)38-22-8-9-25-23(14-22)24-15-34(42)27-13-20-5-10-26(41)30-28(20)33(34,31(43-30)29(24)39-25)11-12-40(27)17-19-1-2-19/h3-10,14,19,27,31,39,41-42H,1-2,11-13,15-17,35H2,(H3,36,37,38)/t27-,31?,33+,34-/m1/s1. The number of nitrogen functional groups attached to an aromatic ring is 1. The van der Waals surface area contributed by atoms with E-state index in [4.69, 9.17) is 16.2 Å².